The summed E-state index contributed by atoms with van der Waals surface area (Å²) in [6.07, 6.45) is 2.17. The van der Waals surface area contributed by atoms with Crippen molar-refractivity contribution in [2.75, 3.05) is 12.3 Å². The fourth-order valence-electron chi connectivity index (χ4n) is 2.17. The number of rotatable bonds is 8. The van der Waals surface area contributed by atoms with Gasteiger partial charge in [0.15, 0.2) is 0 Å². The Bertz CT molecular complexity index is 536. The van der Waals surface area contributed by atoms with Crippen LogP contribution in [0, 0.1) is 5.82 Å². The van der Waals surface area contributed by atoms with Gasteiger partial charge < -0.3 is 5.32 Å². The quantitative estimate of drug-likeness (QED) is 0.703. The molecule has 2 rings (SSSR count). The fourth-order valence-corrected chi connectivity index (χ4v) is 4.17. The van der Waals surface area contributed by atoms with Gasteiger partial charge in [-0.3, -0.25) is 0 Å². The summed E-state index contributed by atoms with van der Waals surface area (Å²) in [4.78, 5) is 4.02. The minimum absolute atomic E-state index is 0.173. The molecule has 1 heterocycles. The largest absolute Gasteiger partial charge is 0.313 e. The van der Waals surface area contributed by atoms with Crippen molar-refractivity contribution < 1.29 is 4.39 Å². The fraction of sp³-hybridized carbons (Fsp3) is 0.412. The molecule has 0 amide bonds. The third-order valence-electron chi connectivity index (χ3n) is 3.27. The van der Waals surface area contributed by atoms with Gasteiger partial charge in [0.05, 0.1) is 0 Å². The number of likely N-dealkylation sites (N-methyl/N-ethyl adjacent to an activating group) is 1. The summed E-state index contributed by atoms with van der Waals surface area (Å²) >= 11 is 3.70. The lowest BCUT2D eigenvalue weighted by Gasteiger charge is -2.16. The molecule has 0 radical (unpaired) electrons. The molecule has 0 aliphatic heterocycles. The van der Waals surface area contributed by atoms with Gasteiger partial charge in [0.25, 0.3) is 0 Å². The van der Waals surface area contributed by atoms with Crippen LogP contribution in [0.1, 0.15) is 23.6 Å². The first-order valence-corrected chi connectivity index (χ1v) is 9.20. The molecule has 4 heteroatoms. The van der Waals surface area contributed by atoms with Gasteiger partial charge in [0, 0.05) is 26.4 Å². The first kappa shape index (κ1) is 16.5. The first-order valence-electron chi connectivity index (χ1n) is 7.40. The molecule has 0 saturated carbocycles. The molecule has 2 aromatic rings. The Hall–Kier alpha value is -0.840. The highest BCUT2D eigenvalue weighted by molar-refractivity contribution is 7.99. The predicted molar refractivity (Wildman–Crippen MR) is 92.0 cm³/mol. The first-order chi connectivity index (χ1) is 10.2. The lowest BCUT2D eigenvalue weighted by molar-refractivity contribution is 0.576. The highest BCUT2D eigenvalue weighted by Crippen LogP contribution is 2.23. The normalized spacial score (nSPS) is 12.5. The van der Waals surface area contributed by atoms with Crippen molar-refractivity contribution in [2.24, 2.45) is 0 Å². The molecule has 1 atom stereocenters. The summed E-state index contributed by atoms with van der Waals surface area (Å²) in [5.74, 6) is 0.826. The van der Waals surface area contributed by atoms with Crippen LogP contribution in [-0.2, 0) is 12.8 Å². The molecule has 0 aliphatic rings. The van der Waals surface area contributed by atoms with Gasteiger partial charge in [-0.15, -0.1) is 23.1 Å². The summed E-state index contributed by atoms with van der Waals surface area (Å²) in [7, 11) is 0. The minimum atomic E-state index is -0.173. The number of thioether (sulfide) groups is 1. The number of halogens is 1. The number of nitrogens with one attached hydrogen (secondary N) is 1. The lowest BCUT2D eigenvalue weighted by atomic mass is 10.2. The molecule has 0 bridgehead atoms. The summed E-state index contributed by atoms with van der Waals surface area (Å²) in [5, 5.41) is 3.55. The van der Waals surface area contributed by atoms with Gasteiger partial charge in [0.2, 0.25) is 0 Å². The van der Waals surface area contributed by atoms with Gasteiger partial charge in [0.1, 0.15) is 5.82 Å². The van der Waals surface area contributed by atoms with E-state index in [0.29, 0.717) is 6.04 Å². The standard InChI is InChI=1S/C17H22FNS2/c1-3-15-9-10-17(21-15)11-14(19-4-2)12-20-16-7-5-13(18)6-8-16/h5-10,14,19H,3-4,11-12H2,1-2H3. The lowest BCUT2D eigenvalue weighted by Crippen LogP contribution is -2.32. The van der Waals surface area contributed by atoms with Gasteiger partial charge in [-0.25, -0.2) is 4.39 Å². The van der Waals surface area contributed by atoms with Crippen LogP contribution in [0.2, 0.25) is 0 Å². The summed E-state index contributed by atoms with van der Waals surface area (Å²) < 4.78 is 12.9. The molecule has 0 fully saturated rings. The Morgan fingerprint density at radius 3 is 2.43 bits per heavy atom. The number of hydrogen-bond acceptors (Lipinski definition) is 3. The smallest absolute Gasteiger partial charge is 0.123 e. The second kappa shape index (κ2) is 8.57. The van der Waals surface area contributed by atoms with Gasteiger partial charge in [-0.05, 0) is 55.8 Å². The monoisotopic (exact) mass is 323 g/mol. The van der Waals surface area contributed by atoms with E-state index in [-0.39, 0.29) is 5.82 Å². The van der Waals surface area contributed by atoms with E-state index in [4.69, 9.17) is 0 Å². The van der Waals surface area contributed by atoms with Crippen molar-refractivity contribution in [1.29, 1.82) is 0 Å². The Labute approximate surface area is 135 Å². The second-order valence-electron chi connectivity index (χ2n) is 4.95. The van der Waals surface area contributed by atoms with Crippen molar-refractivity contribution in [2.45, 2.75) is 37.6 Å². The van der Waals surface area contributed by atoms with Crippen LogP contribution in [0.4, 0.5) is 4.39 Å². The maximum absolute atomic E-state index is 12.9. The zero-order valence-electron chi connectivity index (χ0n) is 12.6. The van der Waals surface area contributed by atoms with Crippen LogP contribution >= 0.6 is 23.1 Å². The van der Waals surface area contributed by atoms with Crippen LogP contribution in [-0.4, -0.2) is 18.3 Å². The van der Waals surface area contributed by atoms with E-state index < -0.39 is 0 Å². The molecular weight excluding hydrogens is 301 g/mol. The molecule has 1 unspecified atom stereocenters. The third kappa shape index (κ3) is 5.46. The van der Waals surface area contributed by atoms with Crippen LogP contribution < -0.4 is 5.32 Å². The van der Waals surface area contributed by atoms with E-state index in [1.807, 2.05) is 23.5 Å². The Morgan fingerprint density at radius 1 is 1.10 bits per heavy atom. The number of benzene rings is 1. The highest BCUT2D eigenvalue weighted by atomic mass is 32.2. The molecule has 0 aliphatic carbocycles. The van der Waals surface area contributed by atoms with E-state index in [9.17, 15) is 4.39 Å². The summed E-state index contributed by atoms with van der Waals surface area (Å²) in [5.41, 5.74) is 0. The topological polar surface area (TPSA) is 12.0 Å². The number of hydrogen-bond donors (Lipinski definition) is 1. The minimum Gasteiger partial charge on any atom is -0.313 e. The van der Waals surface area contributed by atoms with E-state index >= 15 is 0 Å². The second-order valence-corrected chi connectivity index (χ2v) is 7.29. The van der Waals surface area contributed by atoms with Crippen LogP contribution in [0.25, 0.3) is 0 Å². The Balaban J connectivity index is 1.90. The summed E-state index contributed by atoms with van der Waals surface area (Å²) in [6.45, 7) is 5.31. The number of aryl methyl sites for hydroxylation is 1. The van der Waals surface area contributed by atoms with E-state index in [0.717, 1.165) is 30.0 Å². The predicted octanol–water partition coefficient (Wildman–Crippen LogP) is 4.76. The molecule has 0 spiro atoms. The average molecular weight is 324 g/mol. The third-order valence-corrected chi connectivity index (χ3v) is 5.70. The SMILES string of the molecule is CCNC(CSc1ccc(F)cc1)Cc1ccc(CC)s1. The van der Waals surface area contributed by atoms with Crippen molar-refractivity contribution in [1.82, 2.24) is 5.32 Å². The Morgan fingerprint density at radius 2 is 1.81 bits per heavy atom. The van der Waals surface area contributed by atoms with Crippen molar-refractivity contribution in [3.63, 3.8) is 0 Å². The van der Waals surface area contributed by atoms with Crippen molar-refractivity contribution in [3.8, 4) is 0 Å². The molecule has 114 valence electrons. The van der Waals surface area contributed by atoms with E-state index in [2.05, 4.69) is 31.3 Å². The van der Waals surface area contributed by atoms with Crippen molar-refractivity contribution >= 4 is 23.1 Å². The van der Waals surface area contributed by atoms with E-state index in [1.165, 1.54) is 21.9 Å². The van der Waals surface area contributed by atoms with E-state index in [1.54, 1.807) is 11.8 Å². The van der Waals surface area contributed by atoms with Crippen LogP contribution in [0.15, 0.2) is 41.3 Å². The zero-order valence-corrected chi connectivity index (χ0v) is 14.2. The van der Waals surface area contributed by atoms with Gasteiger partial charge >= 0.3 is 0 Å². The molecule has 1 aromatic carbocycles. The molecule has 1 nitrogen and oxygen atoms in total. The maximum Gasteiger partial charge on any atom is 0.123 e. The molecular formula is C17H22FNS2. The zero-order chi connectivity index (χ0) is 15.1. The molecule has 1 aromatic heterocycles. The van der Waals surface area contributed by atoms with Crippen molar-refractivity contribution in [3.05, 3.63) is 52.0 Å². The molecule has 21 heavy (non-hydrogen) atoms. The molecule has 0 saturated heterocycles. The number of thiophene rings is 1. The van der Waals surface area contributed by atoms with Crippen LogP contribution in [0.3, 0.4) is 0 Å². The van der Waals surface area contributed by atoms with Crippen LogP contribution in [0.5, 0.6) is 0 Å². The maximum atomic E-state index is 12.9. The highest BCUT2D eigenvalue weighted by Gasteiger charge is 2.11. The Kier molecular flexibility index (Phi) is 6.74. The summed E-state index contributed by atoms with van der Waals surface area (Å²) in [6, 6.07) is 11.7. The van der Waals surface area contributed by atoms with Gasteiger partial charge in [-0.2, -0.15) is 0 Å². The average Bonchev–Trinajstić information content (AvgIpc) is 2.94. The molecule has 1 N–H and O–H groups in total. The van der Waals surface area contributed by atoms with Gasteiger partial charge in [-0.1, -0.05) is 13.8 Å².